The van der Waals surface area contributed by atoms with Crippen molar-refractivity contribution in [1.29, 1.82) is 0 Å². The Morgan fingerprint density at radius 1 is 0.871 bits per heavy atom. The standard InChI is InChI=1S/C28H25NO2/c1-20-13-15-25(16-14-20)31-19-24-17-22-8-2-3-9-23(22)18-29(24)28(30)27-12-6-10-21-7-4-5-11-26(21)27/h2-16,24H,17-19H2,1H3/t24-/m0/s1. The molecule has 0 unspecified atom stereocenters. The Morgan fingerprint density at radius 3 is 2.42 bits per heavy atom. The van der Waals surface area contributed by atoms with Gasteiger partial charge in [-0.3, -0.25) is 4.79 Å². The van der Waals surface area contributed by atoms with E-state index >= 15 is 0 Å². The zero-order chi connectivity index (χ0) is 21.2. The molecule has 3 nitrogen and oxygen atoms in total. The van der Waals surface area contributed by atoms with E-state index in [1.54, 1.807) is 0 Å². The third-order valence-corrected chi connectivity index (χ3v) is 6.10. The van der Waals surface area contributed by atoms with Crippen molar-refractivity contribution in [1.82, 2.24) is 4.90 Å². The van der Waals surface area contributed by atoms with Gasteiger partial charge in [-0.2, -0.15) is 0 Å². The van der Waals surface area contributed by atoms with Crippen molar-refractivity contribution in [3.05, 3.63) is 113 Å². The first-order chi connectivity index (χ1) is 15.2. The van der Waals surface area contributed by atoms with Crippen molar-refractivity contribution in [3.8, 4) is 5.75 Å². The van der Waals surface area contributed by atoms with Crippen molar-refractivity contribution in [3.63, 3.8) is 0 Å². The second kappa shape index (κ2) is 8.27. The average Bonchev–Trinajstić information content (AvgIpc) is 2.82. The van der Waals surface area contributed by atoms with Crippen LogP contribution in [0.2, 0.25) is 0 Å². The van der Waals surface area contributed by atoms with Gasteiger partial charge < -0.3 is 9.64 Å². The van der Waals surface area contributed by atoms with Gasteiger partial charge in [0.2, 0.25) is 0 Å². The number of rotatable bonds is 4. The maximum Gasteiger partial charge on any atom is 0.255 e. The molecule has 1 aliphatic rings. The largest absolute Gasteiger partial charge is 0.491 e. The summed E-state index contributed by atoms with van der Waals surface area (Å²) in [5.74, 6) is 0.894. The first-order valence-electron chi connectivity index (χ1n) is 10.7. The maximum absolute atomic E-state index is 13.8. The lowest BCUT2D eigenvalue weighted by Crippen LogP contribution is -2.47. The average molecular weight is 408 g/mol. The van der Waals surface area contributed by atoms with E-state index in [0.29, 0.717) is 13.2 Å². The fourth-order valence-electron chi connectivity index (χ4n) is 4.37. The van der Waals surface area contributed by atoms with Gasteiger partial charge in [0.05, 0.1) is 6.04 Å². The molecule has 3 heteroatoms. The van der Waals surface area contributed by atoms with Crippen LogP contribution in [-0.2, 0) is 13.0 Å². The van der Waals surface area contributed by atoms with Gasteiger partial charge in [0.1, 0.15) is 12.4 Å². The van der Waals surface area contributed by atoms with Gasteiger partial charge in [0.25, 0.3) is 5.91 Å². The van der Waals surface area contributed by atoms with Crippen LogP contribution in [0, 0.1) is 6.92 Å². The Bertz CT molecular complexity index is 1220. The van der Waals surface area contributed by atoms with Crippen molar-refractivity contribution < 1.29 is 9.53 Å². The highest BCUT2D eigenvalue weighted by molar-refractivity contribution is 6.07. The van der Waals surface area contributed by atoms with E-state index in [-0.39, 0.29) is 11.9 Å². The van der Waals surface area contributed by atoms with Crippen LogP contribution in [-0.4, -0.2) is 23.5 Å². The molecule has 1 heterocycles. The summed E-state index contributed by atoms with van der Waals surface area (Å²) in [7, 11) is 0. The van der Waals surface area contributed by atoms with Crippen molar-refractivity contribution in [2.45, 2.75) is 25.9 Å². The van der Waals surface area contributed by atoms with Crippen LogP contribution in [0.5, 0.6) is 5.75 Å². The minimum atomic E-state index is -0.0253. The third-order valence-electron chi connectivity index (χ3n) is 6.10. The second-order valence-electron chi connectivity index (χ2n) is 8.21. The van der Waals surface area contributed by atoms with E-state index in [1.807, 2.05) is 65.6 Å². The molecule has 0 saturated carbocycles. The number of carbonyl (C=O) groups excluding carboxylic acids is 1. The molecule has 0 N–H and O–H groups in total. The van der Waals surface area contributed by atoms with Gasteiger partial charge >= 0.3 is 0 Å². The van der Waals surface area contributed by atoms with Crippen molar-refractivity contribution in [2.75, 3.05) is 6.61 Å². The highest BCUT2D eigenvalue weighted by atomic mass is 16.5. The topological polar surface area (TPSA) is 29.5 Å². The molecule has 1 atom stereocenters. The minimum absolute atomic E-state index is 0.0253. The number of ether oxygens (including phenoxy) is 1. The van der Waals surface area contributed by atoms with Gasteiger partial charge in [0, 0.05) is 12.1 Å². The molecular weight excluding hydrogens is 382 g/mol. The molecule has 31 heavy (non-hydrogen) atoms. The first kappa shape index (κ1) is 19.4. The summed E-state index contributed by atoms with van der Waals surface area (Å²) in [5.41, 5.74) is 4.45. The number of hydrogen-bond acceptors (Lipinski definition) is 2. The molecule has 4 aromatic carbocycles. The second-order valence-corrected chi connectivity index (χ2v) is 8.21. The zero-order valence-electron chi connectivity index (χ0n) is 17.6. The Labute approximate surface area is 182 Å². The maximum atomic E-state index is 13.8. The minimum Gasteiger partial charge on any atom is -0.491 e. The fourth-order valence-corrected chi connectivity index (χ4v) is 4.37. The third kappa shape index (κ3) is 3.91. The molecule has 0 saturated heterocycles. The lowest BCUT2D eigenvalue weighted by Gasteiger charge is -2.37. The molecule has 0 bridgehead atoms. The Balaban J connectivity index is 1.47. The number of fused-ring (bicyclic) bond motifs is 2. The molecule has 4 aromatic rings. The van der Waals surface area contributed by atoms with Crippen LogP contribution in [0.4, 0.5) is 0 Å². The van der Waals surface area contributed by atoms with Crippen LogP contribution < -0.4 is 4.74 Å². The van der Waals surface area contributed by atoms with Crippen LogP contribution in [0.1, 0.15) is 27.0 Å². The van der Waals surface area contributed by atoms with Gasteiger partial charge in [0.15, 0.2) is 0 Å². The molecule has 0 radical (unpaired) electrons. The predicted octanol–water partition coefficient (Wildman–Crippen LogP) is 5.79. The number of carbonyl (C=O) groups is 1. The van der Waals surface area contributed by atoms with Crippen LogP contribution in [0.3, 0.4) is 0 Å². The van der Waals surface area contributed by atoms with E-state index in [4.69, 9.17) is 4.74 Å². The van der Waals surface area contributed by atoms with Crippen LogP contribution in [0.25, 0.3) is 10.8 Å². The quantitative estimate of drug-likeness (QED) is 0.428. The summed E-state index contributed by atoms with van der Waals surface area (Å²) in [6.07, 6.45) is 0.790. The van der Waals surface area contributed by atoms with Crippen LogP contribution in [0.15, 0.2) is 91.0 Å². The number of benzene rings is 4. The monoisotopic (exact) mass is 407 g/mol. The summed E-state index contributed by atoms with van der Waals surface area (Å²) < 4.78 is 6.13. The highest BCUT2D eigenvalue weighted by Gasteiger charge is 2.31. The molecular formula is C28H25NO2. The number of amides is 1. The van der Waals surface area contributed by atoms with E-state index in [0.717, 1.165) is 28.5 Å². The predicted molar refractivity (Wildman–Crippen MR) is 124 cm³/mol. The van der Waals surface area contributed by atoms with Crippen molar-refractivity contribution in [2.24, 2.45) is 0 Å². The Hall–Kier alpha value is -3.59. The number of aryl methyl sites for hydroxylation is 1. The summed E-state index contributed by atoms with van der Waals surface area (Å²) >= 11 is 0. The van der Waals surface area contributed by atoms with E-state index in [1.165, 1.54) is 16.7 Å². The molecule has 1 aliphatic heterocycles. The highest BCUT2D eigenvalue weighted by Crippen LogP contribution is 2.28. The van der Waals surface area contributed by atoms with E-state index in [2.05, 4.69) is 37.3 Å². The summed E-state index contributed by atoms with van der Waals surface area (Å²) in [6, 6.07) is 30.5. The van der Waals surface area contributed by atoms with Gasteiger partial charge in [-0.05, 0) is 53.4 Å². The lowest BCUT2D eigenvalue weighted by molar-refractivity contribution is 0.0568. The summed E-state index contributed by atoms with van der Waals surface area (Å²) in [5, 5.41) is 2.07. The van der Waals surface area contributed by atoms with Gasteiger partial charge in [-0.1, -0.05) is 78.4 Å². The molecule has 5 rings (SSSR count). The van der Waals surface area contributed by atoms with Crippen molar-refractivity contribution >= 4 is 16.7 Å². The molecule has 154 valence electrons. The lowest BCUT2D eigenvalue weighted by atomic mass is 9.93. The number of nitrogens with zero attached hydrogens (tertiary/aromatic N) is 1. The van der Waals surface area contributed by atoms with E-state index < -0.39 is 0 Å². The van der Waals surface area contributed by atoms with Crippen LogP contribution >= 0.6 is 0 Å². The smallest absolute Gasteiger partial charge is 0.255 e. The molecule has 0 spiro atoms. The van der Waals surface area contributed by atoms with Gasteiger partial charge in [-0.15, -0.1) is 0 Å². The van der Waals surface area contributed by atoms with E-state index in [9.17, 15) is 4.79 Å². The Kier molecular flexibility index (Phi) is 5.17. The first-order valence-corrected chi connectivity index (χ1v) is 10.7. The SMILES string of the molecule is Cc1ccc(OC[C@@H]2Cc3ccccc3CN2C(=O)c2cccc3ccccc23)cc1. The fraction of sp³-hybridized carbons (Fsp3) is 0.179. The summed E-state index contributed by atoms with van der Waals surface area (Å²) in [6.45, 7) is 3.13. The zero-order valence-corrected chi connectivity index (χ0v) is 17.6. The molecule has 0 fully saturated rings. The molecule has 0 aliphatic carbocycles. The van der Waals surface area contributed by atoms with Gasteiger partial charge in [-0.25, -0.2) is 0 Å². The normalized spacial score (nSPS) is 15.5. The Morgan fingerprint density at radius 2 is 1.58 bits per heavy atom. The summed E-state index contributed by atoms with van der Waals surface area (Å²) in [4.78, 5) is 15.7. The molecule has 1 amide bonds. The number of hydrogen-bond donors (Lipinski definition) is 0. The molecule has 0 aromatic heterocycles.